The zero-order valence-corrected chi connectivity index (χ0v) is 14.5. The zero-order chi connectivity index (χ0) is 14.5. The molecule has 20 heavy (non-hydrogen) atoms. The minimum atomic E-state index is 0.616. The van der Waals surface area contributed by atoms with Crippen molar-refractivity contribution < 1.29 is 0 Å². The van der Waals surface area contributed by atoms with Crippen LogP contribution in [-0.4, -0.2) is 30.1 Å². The molecular weight excluding hydrogens is 312 g/mol. The van der Waals surface area contributed by atoms with Crippen LogP contribution in [0.15, 0.2) is 28.7 Å². The summed E-state index contributed by atoms with van der Waals surface area (Å²) in [6.07, 6.45) is 2.54. The second kappa shape index (κ2) is 7.58. The van der Waals surface area contributed by atoms with E-state index in [0.29, 0.717) is 18.0 Å². The van der Waals surface area contributed by atoms with E-state index in [0.717, 1.165) is 19.6 Å². The molecule has 0 spiro atoms. The van der Waals surface area contributed by atoms with Gasteiger partial charge in [-0.25, -0.2) is 0 Å². The van der Waals surface area contributed by atoms with E-state index in [2.05, 4.69) is 71.2 Å². The van der Waals surface area contributed by atoms with E-state index >= 15 is 0 Å². The van der Waals surface area contributed by atoms with Crippen molar-refractivity contribution in [1.82, 2.24) is 10.2 Å². The lowest BCUT2D eigenvalue weighted by atomic mass is 9.97. The molecular formula is C17H27BrN2. The van der Waals surface area contributed by atoms with Gasteiger partial charge in [-0.3, -0.25) is 4.90 Å². The highest BCUT2D eigenvalue weighted by Crippen LogP contribution is 2.23. The summed E-state index contributed by atoms with van der Waals surface area (Å²) in [6, 6.07) is 9.89. The highest BCUT2D eigenvalue weighted by molar-refractivity contribution is 9.10. The maximum Gasteiger partial charge on any atom is 0.0249 e. The van der Waals surface area contributed by atoms with Crippen molar-refractivity contribution in [2.24, 2.45) is 5.92 Å². The molecule has 1 aliphatic rings. The first-order chi connectivity index (χ1) is 9.61. The number of nitrogens with zero attached hydrogens (tertiary/aromatic N) is 1. The largest absolute Gasteiger partial charge is 0.311 e. The molecule has 0 radical (unpaired) electrons. The van der Waals surface area contributed by atoms with Crippen molar-refractivity contribution in [3.05, 3.63) is 34.3 Å². The highest BCUT2D eigenvalue weighted by Gasteiger charge is 2.28. The monoisotopic (exact) mass is 338 g/mol. The Morgan fingerprint density at radius 1 is 1.35 bits per heavy atom. The number of piperazine rings is 1. The molecule has 1 saturated heterocycles. The summed E-state index contributed by atoms with van der Waals surface area (Å²) in [7, 11) is 0. The Labute approximate surface area is 132 Å². The van der Waals surface area contributed by atoms with Crippen LogP contribution in [0.25, 0.3) is 0 Å². The van der Waals surface area contributed by atoms with Gasteiger partial charge in [-0.05, 0) is 24.0 Å². The summed E-state index contributed by atoms with van der Waals surface area (Å²) in [6.45, 7) is 10.2. The summed E-state index contributed by atoms with van der Waals surface area (Å²) in [4.78, 5) is 2.67. The van der Waals surface area contributed by atoms with E-state index in [9.17, 15) is 0 Å². The Morgan fingerprint density at radius 3 is 2.75 bits per heavy atom. The molecule has 3 heteroatoms. The van der Waals surface area contributed by atoms with Gasteiger partial charge < -0.3 is 5.32 Å². The van der Waals surface area contributed by atoms with Gasteiger partial charge in [-0.15, -0.1) is 0 Å². The van der Waals surface area contributed by atoms with Gasteiger partial charge in [-0.2, -0.15) is 0 Å². The van der Waals surface area contributed by atoms with Gasteiger partial charge in [0.2, 0.25) is 0 Å². The van der Waals surface area contributed by atoms with Crippen molar-refractivity contribution in [3.63, 3.8) is 0 Å². The Morgan fingerprint density at radius 2 is 2.10 bits per heavy atom. The van der Waals surface area contributed by atoms with E-state index in [4.69, 9.17) is 0 Å². The minimum absolute atomic E-state index is 0.616. The average Bonchev–Trinajstić information content (AvgIpc) is 2.43. The molecule has 1 aromatic rings. The SMILES string of the molecule is CCCC1CNC(C(C)C)CN1Cc1ccccc1Br. The lowest BCUT2D eigenvalue weighted by molar-refractivity contribution is 0.0995. The van der Waals surface area contributed by atoms with Gasteiger partial charge in [0.15, 0.2) is 0 Å². The fourth-order valence-electron chi connectivity index (χ4n) is 2.99. The predicted octanol–water partition coefficient (Wildman–Crippen LogP) is 4.05. The van der Waals surface area contributed by atoms with E-state index in [1.54, 1.807) is 0 Å². The van der Waals surface area contributed by atoms with Gasteiger partial charge in [0, 0.05) is 36.2 Å². The Kier molecular flexibility index (Phi) is 6.06. The summed E-state index contributed by atoms with van der Waals surface area (Å²) >= 11 is 3.68. The maximum atomic E-state index is 3.73. The Bertz CT molecular complexity index is 419. The number of benzene rings is 1. The van der Waals surface area contributed by atoms with Crippen molar-refractivity contribution in [2.45, 2.75) is 52.2 Å². The molecule has 1 aliphatic heterocycles. The van der Waals surface area contributed by atoms with E-state index < -0.39 is 0 Å². The Hall–Kier alpha value is -0.380. The van der Waals surface area contributed by atoms with E-state index in [1.807, 2.05) is 0 Å². The maximum absolute atomic E-state index is 3.73. The topological polar surface area (TPSA) is 15.3 Å². The molecule has 2 atom stereocenters. The lowest BCUT2D eigenvalue weighted by Crippen LogP contribution is -2.57. The summed E-state index contributed by atoms with van der Waals surface area (Å²) < 4.78 is 1.23. The van der Waals surface area contributed by atoms with Crippen LogP contribution in [-0.2, 0) is 6.54 Å². The summed E-state index contributed by atoms with van der Waals surface area (Å²) in [5.41, 5.74) is 1.40. The molecule has 0 bridgehead atoms. The smallest absolute Gasteiger partial charge is 0.0249 e. The summed E-state index contributed by atoms with van der Waals surface area (Å²) in [5, 5.41) is 3.73. The molecule has 2 rings (SSSR count). The normalized spacial score (nSPS) is 24.2. The summed E-state index contributed by atoms with van der Waals surface area (Å²) in [5.74, 6) is 0.694. The molecule has 1 aromatic carbocycles. The molecule has 0 saturated carbocycles. The third-order valence-corrected chi connectivity index (χ3v) is 5.09. The minimum Gasteiger partial charge on any atom is -0.311 e. The first-order valence-electron chi connectivity index (χ1n) is 7.82. The van der Waals surface area contributed by atoms with Crippen LogP contribution in [0.1, 0.15) is 39.2 Å². The number of hydrogen-bond donors (Lipinski definition) is 1. The molecule has 2 unspecified atom stereocenters. The van der Waals surface area contributed by atoms with E-state index in [-0.39, 0.29) is 0 Å². The second-order valence-electron chi connectivity index (χ2n) is 6.22. The van der Waals surface area contributed by atoms with Gasteiger partial charge in [-0.1, -0.05) is 61.3 Å². The first-order valence-corrected chi connectivity index (χ1v) is 8.62. The molecule has 1 N–H and O–H groups in total. The van der Waals surface area contributed by atoms with Gasteiger partial charge in [0.05, 0.1) is 0 Å². The molecule has 112 valence electrons. The van der Waals surface area contributed by atoms with Crippen molar-refractivity contribution in [2.75, 3.05) is 13.1 Å². The highest BCUT2D eigenvalue weighted by atomic mass is 79.9. The number of halogens is 1. The van der Waals surface area contributed by atoms with Crippen molar-refractivity contribution in [3.8, 4) is 0 Å². The second-order valence-corrected chi connectivity index (χ2v) is 7.08. The number of nitrogens with one attached hydrogen (secondary N) is 1. The number of hydrogen-bond acceptors (Lipinski definition) is 2. The molecule has 1 heterocycles. The fraction of sp³-hybridized carbons (Fsp3) is 0.647. The quantitative estimate of drug-likeness (QED) is 0.871. The predicted molar refractivity (Wildman–Crippen MR) is 89.9 cm³/mol. The zero-order valence-electron chi connectivity index (χ0n) is 12.9. The van der Waals surface area contributed by atoms with Crippen LogP contribution in [0.4, 0.5) is 0 Å². The van der Waals surface area contributed by atoms with Crippen molar-refractivity contribution >= 4 is 15.9 Å². The molecule has 2 nitrogen and oxygen atoms in total. The van der Waals surface area contributed by atoms with E-state index in [1.165, 1.54) is 22.9 Å². The van der Waals surface area contributed by atoms with Crippen LogP contribution in [0.3, 0.4) is 0 Å². The standard InChI is InChI=1S/C17H27BrN2/c1-4-7-15-10-19-17(13(2)3)12-20(15)11-14-8-5-6-9-16(14)18/h5-6,8-9,13,15,17,19H,4,7,10-12H2,1-3H3. The van der Waals surface area contributed by atoms with Gasteiger partial charge >= 0.3 is 0 Å². The third-order valence-electron chi connectivity index (χ3n) is 4.32. The lowest BCUT2D eigenvalue weighted by Gasteiger charge is -2.42. The van der Waals surface area contributed by atoms with Gasteiger partial charge in [0.1, 0.15) is 0 Å². The van der Waals surface area contributed by atoms with Crippen LogP contribution in [0.2, 0.25) is 0 Å². The first kappa shape index (κ1) is 16.0. The van der Waals surface area contributed by atoms with Gasteiger partial charge in [0.25, 0.3) is 0 Å². The van der Waals surface area contributed by atoms with Crippen LogP contribution >= 0.6 is 15.9 Å². The molecule has 0 aliphatic carbocycles. The van der Waals surface area contributed by atoms with Crippen LogP contribution < -0.4 is 5.32 Å². The van der Waals surface area contributed by atoms with Crippen LogP contribution in [0, 0.1) is 5.92 Å². The molecule has 0 amide bonds. The number of rotatable bonds is 5. The molecule has 1 fully saturated rings. The Balaban J connectivity index is 2.09. The van der Waals surface area contributed by atoms with Crippen LogP contribution in [0.5, 0.6) is 0 Å². The third kappa shape index (κ3) is 4.06. The van der Waals surface area contributed by atoms with Crippen molar-refractivity contribution in [1.29, 1.82) is 0 Å². The average molecular weight is 339 g/mol. The fourth-order valence-corrected chi connectivity index (χ4v) is 3.40. The molecule has 0 aromatic heterocycles.